The molecule has 0 saturated heterocycles. The van der Waals surface area contributed by atoms with Gasteiger partial charge in [0.2, 0.25) is 0 Å². The maximum atomic E-state index is 3.73. The molecule has 0 spiro atoms. The highest BCUT2D eigenvalue weighted by molar-refractivity contribution is 9.13. The summed E-state index contributed by atoms with van der Waals surface area (Å²) in [7, 11) is 0. The Kier molecular flexibility index (Phi) is 3.68. The molecule has 1 nitrogen and oxygen atoms in total. The first-order valence-corrected chi connectivity index (χ1v) is 8.17. The quantitative estimate of drug-likeness (QED) is 0.515. The molecule has 0 bridgehead atoms. The van der Waals surface area contributed by atoms with Crippen molar-refractivity contribution in [1.29, 1.82) is 0 Å². The molecule has 0 atom stereocenters. The third-order valence-electron chi connectivity index (χ3n) is 3.56. The summed E-state index contributed by atoms with van der Waals surface area (Å²) in [5.41, 5.74) is 2.62. The fourth-order valence-electron chi connectivity index (χ4n) is 2.63. The number of para-hydroxylation sites is 1. The van der Waals surface area contributed by atoms with Crippen LogP contribution in [-0.2, 0) is 6.54 Å². The Balaban J connectivity index is 2.42. The Morgan fingerprint density at radius 1 is 1.00 bits per heavy atom. The normalized spacial score (nSPS) is 11.5. The molecule has 0 unspecified atom stereocenters. The molecule has 2 aromatic carbocycles. The third kappa shape index (κ3) is 2.13. The van der Waals surface area contributed by atoms with Crippen LogP contribution < -0.4 is 0 Å². The molecule has 0 fully saturated rings. The van der Waals surface area contributed by atoms with Crippen molar-refractivity contribution in [2.24, 2.45) is 0 Å². The van der Waals surface area contributed by atoms with Gasteiger partial charge in [0.25, 0.3) is 0 Å². The highest BCUT2D eigenvalue weighted by atomic mass is 79.9. The molecule has 0 aliphatic carbocycles. The number of unbranched alkanes of at least 4 members (excludes halogenated alkanes) is 1. The average molecular weight is 381 g/mol. The Hall–Kier alpha value is -0.800. The molecule has 0 radical (unpaired) electrons. The van der Waals surface area contributed by atoms with Crippen molar-refractivity contribution in [3.05, 3.63) is 45.3 Å². The lowest BCUT2D eigenvalue weighted by Gasteiger charge is -2.08. The van der Waals surface area contributed by atoms with Crippen molar-refractivity contribution in [3.63, 3.8) is 0 Å². The third-order valence-corrected chi connectivity index (χ3v) is 5.55. The minimum Gasteiger partial charge on any atom is -0.340 e. The maximum Gasteiger partial charge on any atom is 0.0647 e. The zero-order valence-corrected chi connectivity index (χ0v) is 14.0. The second kappa shape index (κ2) is 5.29. The first-order chi connectivity index (χ1) is 9.24. The van der Waals surface area contributed by atoms with Crippen LogP contribution in [0, 0.1) is 0 Å². The molecule has 1 heterocycles. The van der Waals surface area contributed by atoms with Crippen molar-refractivity contribution >= 4 is 53.7 Å². The lowest BCUT2D eigenvalue weighted by atomic mass is 10.2. The summed E-state index contributed by atoms with van der Waals surface area (Å²) < 4.78 is 4.70. The van der Waals surface area contributed by atoms with Gasteiger partial charge in [0, 0.05) is 27.3 Å². The number of hydrogen-bond donors (Lipinski definition) is 0. The Bertz CT molecular complexity index is 743. The summed E-state index contributed by atoms with van der Waals surface area (Å²) in [6.45, 7) is 3.30. The number of nitrogens with zero attached hydrogens (tertiary/aromatic N) is 1. The van der Waals surface area contributed by atoms with Gasteiger partial charge in [0.15, 0.2) is 0 Å². The first kappa shape index (κ1) is 13.2. The Labute approximate surface area is 129 Å². The van der Waals surface area contributed by atoms with E-state index in [9.17, 15) is 0 Å². The van der Waals surface area contributed by atoms with Crippen LogP contribution in [0.1, 0.15) is 19.8 Å². The van der Waals surface area contributed by atoms with Crippen LogP contribution in [0.4, 0.5) is 0 Å². The number of hydrogen-bond acceptors (Lipinski definition) is 0. The smallest absolute Gasteiger partial charge is 0.0647 e. The van der Waals surface area contributed by atoms with Crippen LogP contribution in [0.15, 0.2) is 45.3 Å². The molecule has 98 valence electrons. The van der Waals surface area contributed by atoms with E-state index >= 15 is 0 Å². The predicted molar refractivity (Wildman–Crippen MR) is 89.8 cm³/mol. The molecular formula is C16H15Br2N. The van der Waals surface area contributed by atoms with Crippen molar-refractivity contribution < 1.29 is 0 Å². The zero-order valence-electron chi connectivity index (χ0n) is 10.8. The van der Waals surface area contributed by atoms with Gasteiger partial charge in [-0.2, -0.15) is 0 Å². The fraction of sp³-hybridized carbons (Fsp3) is 0.250. The van der Waals surface area contributed by atoms with Crippen LogP contribution >= 0.6 is 31.9 Å². The van der Waals surface area contributed by atoms with Gasteiger partial charge in [-0.05, 0) is 50.4 Å². The van der Waals surface area contributed by atoms with Gasteiger partial charge in [0.1, 0.15) is 0 Å². The zero-order chi connectivity index (χ0) is 13.4. The molecule has 0 amide bonds. The van der Waals surface area contributed by atoms with Crippen LogP contribution in [0.25, 0.3) is 21.8 Å². The molecule has 3 heteroatoms. The second-order valence-corrected chi connectivity index (χ2v) is 6.43. The van der Waals surface area contributed by atoms with Gasteiger partial charge < -0.3 is 4.57 Å². The summed E-state index contributed by atoms with van der Waals surface area (Å²) >= 11 is 7.35. The number of benzene rings is 2. The Morgan fingerprint density at radius 3 is 2.58 bits per heavy atom. The van der Waals surface area contributed by atoms with Crippen LogP contribution in [0.5, 0.6) is 0 Å². The molecule has 0 N–H and O–H groups in total. The number of aryl methyl sites for hydroxylation is 1. The van der Waals surface area contributed by atoms with Crippen LogP contribution in [0.2, 0.25) is 0 Å². The topological polar surface area (TPSA) is 4.93 Å². The molecule has 19 heavy (non-hydrogen) atoms. The van der Waals surface area contributed by atoms with Crippen molar-refractivity contribution in [2.75, 3.05) is 0 Å². The molecule has 0 saturated carbocycles. The van der Waals surface area contributed by atoms with Gasteiger partial charge in [-0.3, -0.25) is 0 Å². The van der Waals surface area contributed by atoms with E-state index in [-0.39, 0.29) is 0 Å². The lowest BCUT2D eigenvalue weighted by molar-refractivity contribution is 0.664. The largest absolute Gasteiger partial charge is 0.340 e. The number of halogens is 2. The monoisotopic (exact) mass is 379 g/mol. The molecular weight excluding hydrogens is 366 g/mol. The summed E-state index contributed by atoms with van der Waals surface area (Å²) in [6.07, 6.45) is 2.41. The molecule has 1 aromatic heterocycles. The van der Waals surface area contributed by atoms with Crippen LogP contribution in [-0.4, -0.2) is 4.57 Å². The number of fused-ring (bicyclic) bond motifs is 3. The Morgan fingerprint density at radius 2 is 1.79 bits per heavy atom. The van der Waals surface area contributed by atoms with E-state index in [1.54, 1.807) is 0 Å². The molecule has 0 aliphatic rings. The van der Waals surface area contributed by atoms with Crippen molar-refractivity contribution in [3.8, 4) is 0 Å². The fourth-order valence-corrected chi connectivity index (χ4v) is 3.51. The highest BCUT2D eigenvalue weighted by Crippen LogP contribution is 2.37. The second-order valence-electron chi connectivity index (χ2n) is 4.78. The van der Waals surface area contributed by atoms with Gasteiger partial charge in [-0.1, -0.05) is 37.6 Å². The molecule has 3 rings (SSSR count). The van der Waals surface area contributed by atoms with Crippen molar-refractivity contribution in [1.82, 2.24) is 4.57 Å². The predicted octanol–water partition coefficient (Wildman–Crippen LogP) is 6.12. The van der Waals surface area contributed by atoms with Gasteiger partial charge in [-0.15, -0.1) is 0 Å². The van der Waals surface area contributed by atoms with E-state index in [0.717, 1.165) is 15.5 Å². The van der Waals surface area contributed by atoms with E-state index in [1.165, 1.54) is 34.6 Å². The highest BCUT2D eigenvalue weighted by Gasteiger charge is 2.13. The van der Waals surface area contributed by atoms with E-state index in [0.29, 0.717) is 0 Å². The van der Waals surface area contributed by atoms with E-state index in [2.05, 4.69) is 79.7 Å². The first-order valence-electron chi connectivity index (χ1n) is 6.59. The van der Waals surface area contributed by atoms with E-state index in [1.807, 2.05) is 0 Å². The van der Waals surface area contributed by atoms with E-state index < -0.39 is 0 Å². The molecule has 0 aliphatic heterocycles. The van der Waals surface area contributed by atoms with E-state index in [4.69, 9.17) is 0 Å². The maximum absolute atomic E-state index is 3.73. The summed E-state index contributed by atoms with van der Waals surface area (Å²) in [5, 5.41) is 2.66. The van der Waals surface area contributed by atoms with Gasteiger partial charge in [-0.25, -0.2) is 0 Å². The number of rotatable bonds is 3. The standard InChI is InChI=1S/C16H15Br2N/c1-2-3-10-19-14-7-5-4-6-11(14)12-8-9-13(17)15(18)16(12)19/h4-9H,2-3,10H2,1H3. The lowest BCUT2D eigenvalue weighted by Crippen LogP contribution is -1.97. The van der Waals surface area contributed by atoms with Crippen molar-refractivity contribution in [2.45, 2.75) is 26.3 Å². The summed E-state index contributed by atoms with van der Waals surface area (Å²) in [4.78, 5) is 0. The minimum absolute atomic E-state index is 1.07. The van der Waals surface area contributed by atoms with Gasteiger partial charge >= 0.3 is 0 Å². The van der Waals surface area contributed by atoms with Gasteiger partial charge in [0.05, 0.1) is 9.99 Å². The summed E-state index contributed by atoms with van der Waals surface area (Å²) in [5.74, 6) is 0. The average Bonchev–Trinajstić information content (AvgIpc) is 2.75. The summed E-state index contributed by atoms with van der Waals surface area (Å²) in [6, 6.07) is 13.0. The SMILES string of the molecule is CCCCn1c2ccccc2c2ccc(Br)c(Br)c21. The number of aromatic nitrogens is 1. The van der Waals surface area contributed by atoms with Crippen LogP contribution in [0.3, 0.4) is 0 Å². The molecule has 3 aromatic rings. The minimum atomic E-state index is 1.07.